The van der Waals surface area contributed by atoms with Crippen LogP contribution in [0.1, 0.15) is 34.3 Å². The van der Waals surface area contributed by atoms with Gasteiger partial charge in [-0.25, -0.2) is 0 Å². The number of nitrogens with one attached hydrogen (secondary N) is 1. The van der Waals surface area contributed by atoms with E-state index in [9.17, 15) is 18.0 Å². The van der Waals surface area contributed by atoms with Crippen LogP contribution in [-0.4, -0.2) is 25.7 Å². The summed E-state index contributed by atoms with van der Waals surface area (Å²) in [6, 6.07) is 14.6. The molecule has 1 aliphatic rings. The van der Waals surface area contributed by atoms with Crippen molar-refractivity contribution in [1.82, 2.24) is 5.32 Å². The van der Waals surface area contributed by atoms with Crippen molar-refractivity contribution in [2.75, 3.05) is 19.8 Å². The monoisotopic (exact) mass is 363 g/mol. The van der Waals surface area contributed by atoms with Crippen molar-refractivity contribution >= 4 is 5.91 Å². The van der Waals surface area contributed by atoms with Crippen LogP contribution >= 0.6 is 0 Å². The molecule has 0 saturated carbocycles. The number of carbonyl (C=O) groups is 1. The first kappa shape index (κ1) is 18.5. The van der Waals surface area contributed by atoms with Gasteiger partial charge in [-0.05, 0) is 30.5 Å². The van der Waals surface area contributed by atoms with E-state index < -0.39 is 17.6 Å². The van der Waals surface area contributed by atoms with Gasteiger partial charge in [0.05, 0.1) is 11.1 Å². The second-order valence-corrected chi connectivity index (χ2v) is 6.48. The number of rotatable bonds is 4. The third-order valence-corrected chi connectivity index (χ3v) is 4.90. The summed E-state index contributed by atoms with van der Waals surface area (Å²) in [6.45, 7) is 1.39. The Morgan fingerprint density at radius 2 is 1.62 bits per heavy atom. The highest BCUT2D eigenvalue weighted by atomic mass is 19.4. The Bertz CT molecular complexity index is 753. The normalized spacial score (nSPS) is 16.9. The molecule has 0 bridgehead atoms. The Kier molecular flexibility index (Phi) is 5.32. The van der Waals surface area contributed by atoms with E-state index in [-0.39, 0.29) is 17.5 Å². The third kappa shape index (κ3) is 3.90. The van der Waals surface area contributed by atoms with Crippen LogP contribution in [0.3, 0.4) is 0 Å². The summed E-state index contributed by atoms with van der Waals surface area (Å²) < 4.78 is 44.9. The fourth-order valence-corrected chi connectivity index (χ4v) is 3.39. The van der Waals surface area contributed by atoms with Gasteiger partial charge < -0.3 is 10.1 Å². The van der Waals surface area contributed by atoms with Crippen LogP contribution in [0.5, 0.6) is 0 Å². The number of alkyl halides is 3. The first-order chi connectivity index (χ1) is 12.4. The molecule has 138 valence electrons. The molecule has 0 aromatic heterocycles. The highest BCUT2D eigenvalue weighted by Crippen LogP contribution is 2.35. The van der Waals surface area contributed by atoms with E-state index in [1.807, 2.05) is 30.3 Å². The molecule has 3 nitrogen and oxygen atoms in total. The van der Waals surface area contributed by atoms with Crippen molar-refractivity contribution in [3.8, 4) is 0 Å². The van der Waals surface area contributed by atoms with Gasteiger partial charge >= 0.3 is 6.18 Å². The number of carbonyl (C=O) groups excluding carboxylic acids is 1. The SMILES string of the molecule is O=C(NCC1(c2ccccc2)CCOCC1)c1ccccc1C(F)(F)F. The van der Waals surface area contributed by atoms with Crippen LogP contribution in [-0.2, 0) is 16.3 Å². The number of hydrogen-bond acceptors (Lipinski definition) is 2. The van der Waals surface area contributed by atoms with E-state index in [2.05, 4.69) is 5.32 Å². The van der Waals surface area contributed by atoms with Crippen molar-refractivity contribution in [2.45, 2.75) is 24.4 Å². The first-order valence-electron chi connectivity index (χ1n) is 8.50. The maximum atomic E-state index is 13.1. The average Bonchev–Trinajstić information content (AvgIpc) is 2.67. The molecule has 0 radical (unpaired) electrons. The van der Waals surface area contributed by atoms with Gasteiger partial charge in [0, 0.05) is 25.2 Å². The van der Waals surface area contributed by atoms with E-state index in [0.717, 1.165) is 11.6 Å². The van der Waals surface area contributed by atoms with Crippen molar-refractivity contribution in [1.29, 1.82) is 0 Å². The molecule has 0 aliphatic carbocycles. The van der Waals surface area contributed by atoms with Crippen LogP contribution in [0.25, 0.3) is 0 Å². The summed E-state index contributed by atoms with van der Waals surface area (Å²) in [5.41, 5.74) is -0.538. The molecule has 1 amide bonds. The molecule has 0 unspecified atom stereocenters. The minimum Gasteiger partial charge on any atom is -0.381 e. The Morgan fingerprint density at radius 3 is 2.27 bits per heavy atom. The quantitative estimate of drug-likeness (QED) is 0.885. The average molecular weight is 363 g/mol. The second-order valence-electron chi connectivity index (χ2n) is 6.48. The summed E-state index contributed by atoms with van der Waals surface area (Å²) in [7, 11) is 0. The molecule has 1 aliphatic heterocycles. The lowest BCUT2D eigenvalue weighted by atomic mass is 9.74. The van der Waals surface area contributed by atoms with E-state index in [1.165, 1.54) is 18.2 Å². The van der Waals surface area contributed by atoms with Crippen LogP contribution in [0, 0.1) is 0 Å². The minimum atomic E-state index is -4.57. The standard InChI is InChI=1S/C20H20F3NO2/c21-20(22,23)17-9-5-4-8-16(17)18(25)24-14-19(10-12-26-13-11-19)15-6-2-1-3-7-15/h1-9H,10-14H2,(H,24,25). The Hall–Kier alpha value is -2.34. The zero-order chi connectivity index (χ0) is 18.6. The van der Waals surface area contributed by atoms with Crippen LogP contribution < -0.4 is 5.32 Å². The van der Waals surface area contributed by atoms with Crippen LogP contribution in [0.2, 0.25) is 0 Å². The van der Waals surface area contributed by atoms with Crippen LogP contribution in [0.4, 0.5) is 13.2 Å². The fourth-order valence-electron chi connectivity index (χ4n) is 3.39. The molecule has 6 heteroatoms. The van der Waals surface area contributed by atoms with E-state index in [0.29, 0.717) is 26.1 Å². The summed E-state index contributed by atoms with van der Waals surface area (Å²) in [6.07, 6.45) is -3.15. The maximum absolute atomic E-state index is 13.1. The molecule has 1 N–H and O–H groups in total. The van der Waals surface area contributed by atoms with Gasteiger partial charge in [-0.2, -0.15) is 13.2 Å². The summed E-state index contributed by atoms with van der Waals surface area (Å²) >= 11 is 0. The largest absolute Gasteiger partial charge is 0.417 e. The smallest absolute Gasteiger partial charge is 0.381 e. The Balaban J connectivity index is 1.81. The molecule has 1 fully saturated rings. The maximum Gasteiger partial charge on any atom is 0.417 e. The zero-order valence-corrected chi connectivity index (χ0v) is 14.2. The van der Waals surface area contributed by atoms with Gasteiger partial charge in [0.2, 0.25) is 0 Å². The van der Waals surface area contributed by atoms with E-state index >= 15 is 0 Å². The molecular formula is C20H20F3NO2. The predicted octanol–water partition coefficient (Wildman–Crippen LogP) is 4.18. The van der Waals surface area contributed by atoms with Crippen molar-refractivity contribution in [2.24, 2.45) is 0 Å². The van der Waals surface area contributed by atoms with E-state index in [1.54, 1.807) is 0 Å². The van der Waals surface area contributed by atoms with Crippen LogP contribution in [0.15, 0.2) is 54.6 Å². The topological polar surface area (TPSA) is 38.3 Å². The number of ether oxygens (including phenoxy) is 1. The number of hydrogen-bond donors (Lipinski definition) is 1. The highest BCUT2D eigenvalue weighted by molar-refractivity contribution is 5.95. The van der Waals surface area contributed by atoms with Gasteiger partial charge in [0.1, 0.15) is 0 Å². The Labute approximate surface area is 150 Å². The second kappa shape index (κ2) is 7.50. The third-order valence-electron chi connectivity index (χ3n) is 4.90. The first-order valence-corrected chi connectivity index (χ1v) is 8.50. The van der Waals surface area contributed by atoms with Gasteiger partial charge in [-0.1, -0.05) is 42.5 Å². The summed E-state index contributed by atoms with van der Waals surface area (Å²) in [4.78, 5) is 12.5. The summed E-state index contributed by atoms with van der Waals surface area (Å²) in [5.74, 6) is -0.709. The minimum absolute atomic E-state index is 0.269. The highest BCUT2D eigenvalue weighted by Gasteiger charge is 2.37. The molecule has 1 saturated heterocycles. The lowest BCUT2D eigenvalue weighted by molar-refractivity contribution is -0.137. The van der Waals surface area contributed by atoms with Gasteiger partial charge in [0.15, 0.2) is 0 Å². The van der Waals surface area contributed by atoms with Crippen molar-refractivity contribution < 1.29 is 22.7 Å². The molecular weight excluding hydrogens is 343 g/mol. The van der Waals surface area contributed by atoms with Gasteiger partial charge in [0.25, 0.3) is 5.91 Å². The predicted molar refractivity (Wildman–Crippen MR) is 92.0 cm³/mol. The number of benzene rings is 2. The molecule has 0 spiro atoms. The Morgan fingerprint density at radius 1 is 1.00 bits per heavy atom. The molecule has 3 rings (SSSR count). The lowest BCUT2D eigenvalue weighted by Gasteiger charge is -2.38. The summed E-state index contributed by atoms with van der Waals surface area (Å²) in [5, 5.41) is 2.73. The van der Waals surface area contributed by atoms with E-state index in [4.69, 9.17) is 4.74 Å². The molecule has 0 atom stereocenters. The van der Waals surface area contributed by atoms with Gasteiger partial charge in [-0.15, -0.1) is 0 Å². The lowest BCUT2D eigenvalue weighted by Crippen LogP contribution is -2.44. The fraction of sp³-hybridized carbons (Fsp3) is 0.350. The van der Waals surface area contributed by atoms with Gasteiger partial charge in [-0.3, -0.25) is 4.79 Å². The zero-order valence-electron chi connectivity index (χ0n) is 14.2. The van der Waals surface area contributed by atoms with Crippen molar-refractivity contribution in [3.05, 3.63) is 71.3 Å². The molecule has 26 heavy (non-hydrogen) atoms. The molecule has 1 heterocycles. The molecule has 2 aromatic carbocycles. The molecule has 2 aromatic rings. The number of amides is 1. The number of halogens is 3. The van der Waals surface area contributed by atoms with Crippen molar-refractivity contribution in [3.63, 3.8) is 0 Å².